The van der Waals surface area contributed by atoms with Crippen LogP contribution < -0.4 is 10.1 Å². The smallest absolute Gasteiger partial charge is 0.406 e. The summed E-state index contributed by atoms with van der Waals surface area (Å²) in [5.41, 5.74) is 2.59. The van der Waals surface area contributed by atoms with E-state index in [0.717, 1.165) is 21.6 Å². The number of alkyl halides is 6. The highest BCUT2D eigenvalue weighted by atomic mass is 32.1. The van der Waals surface area contributed by atoms with E-state index in [1.807, 2.05) is 24.3 Å². The van der Waals surface area contributed by atoms with Crippen LogP contribution in [-0.4, -0.2) is 22.9 Å². The van der Waals surface area contributed by atoms with Crippen molar-refractivity contribution >= 4 is 27.4 Å². The first-order valence-electron chi connectivity index (χ1n) is 10.5. The SMILES string of the molecule is Cc1cc2c(NCCCc3ccc(-c4ccc(OC(F)(F)F)cc4)cc3)nc(C(F)(F)F)nc2s1. The summed E-state index contributed by atoms with van der Waals surface area (Å²) < 4.78 is 80.2. The van der Waals surface area contributed by atoms with Crippen molar-refractivity contribution in [2.45, 2.75) is 32.3 Å². The van der Waals surface area contributed by atoms with Crippen molar-refractivity contribution in [3.8, 4) is 16.9 Å². The Balaban J connectivity index is 1.35. The van der Waals surface area contributed by atoms with Gasteiger partial charge in [0.25, 0.3) is 0 Å². The van der Waals surface area contributed by atoms with Gasteiger partial charge in [-0.1, -0.05) is 36.4 Å². The zero-order valence-corrected chi connectivity index (χ0v) is 19.1. The Bertz CT molecular complexity index is 1300. The number of anilines is 1. The van der Waals surface area contributed by atoms with Gasteiger partial charge in [-0.15, -0.1) is 24.5 Å². The zero-order chi connectivity index (χ0) is 25.2. The van der Waals surface area contributed by atoms with Crippen molar-refractivity contribution in [3.05, 3.63) is 70.9 Å². The molecule has 4 nitrogen and oxygen atoms in total. The third-order valence-electron chi connectivity index (χ3n) is 5.08. The van der Waals surface area contributed by atoms with Crippen LogP contribution in [0.3, 0.4) is 0 Å². The topological polar surface area (TPSA) is 47.0 Å². The molecule has 2 aromatic carbocycles. The molecule has 184 valence electrons. The molecular formula is C24H19F6N3OS. The number of thiophene rings is 1. The minimum absolute atomic E-state index is 0.167. The second-order valence-electron chi connectivity index (χ2n) is 7.77. The van der Waals surface area contributed by atoms with Gasteiger partial charge in [-0.25, -0.2) is 9.97 Å². The summed E-state index contributed by atoms with van der Waals surface area (Å²) in [5.74, 6) is -1.28. The lowest BCUT2D eigenvalue weighted by Crippen LogP contribution is -2.16. The fourth-order valence-corrected chi connectivity index (χ4v) is 4.40. The number of ether oxygens (including phenoxy) is 1. The van der Waals surface area contributed by atoms with Crippen molar-refractivity contribution in [1.82, 2.24) is 9.97 Å². The molecule has 0 aliphatic carbocycles. The Morgan fingerprint density at radius 2 is 1.51 bits per heavy atom. The molecule has 0 saturated carbocycles. The standard InChI is InChI=1S/C24H19F6N3OS/c1-14-13-19-20(32-22(23(25,26)27)33-21(19)35-14)31-12-2-3-15-4-6-16(7-5-15)17-8-10-18(11-9-17)34-24(28,29)30/h4-11,13H,2-3,12H2,1H3,(H,31,32,33). The average molecular weight is 511 g/mol. The van der Waals surface area contributed by atoms with E-state index in [9.17, 15) is 26.3 Å². The molecule has 4 rings (SSSR count). The van der Waals surface area contributed by atoms with Crippen LogP contribution in [0.15, 0.2) is 54.6 Å². The Labute approximate surface area is 200 Å². The first kappa shape index (κ1) is 24.8. The van der Waals surface area contributed by atoms with Gasteiger partial charge in [-0.3, -0.25) is 0 Å². The zero-order valence-electron chi connectivity index (χ0n) is 18.3. The number of rotatable bonds is 7. The molecule has 0 radical (unpaired) electrons. The lowest BCUT2D eigenvalue weighted by atomic mass is 10.0. The van der Waals surface area contributed by atoms with E-state index in [-0.39, 0.29) is 11.6 Å². The van der Waals surface area contributed by atoms with Gasteiger partial charge in [0.2, 0.25) is 5.82 Å². The number of hydrogen-bond acceptors (Lipinski definition) is 5. The number of aromatic nitrogens is 2. The summed E-state index contributed by atoms with van der Waals surface area (Å²) in [6, 6.07) is 14.9. The number of hydrogen-bond donors (Lipinski definition) is 1. The van der Waals surface area contributed by atoms with E-state index in [1.165, 1.54) is 23.5 Å². The Morgan fingerprint density at radius 1 is 0.886 bits per heavy atom. The molecule has 0 aliphatic heterocycles. The first-order chi connectivity index (χ1) is 16.5. The van der Waals surface area contributed by atoms with E-state index >= 15 is 0 Å². The summed E-state index contributed by atoms with van der Waals surface area (Å²) in [7, 11) is 0. The maximum absolute atomic E-state index is 13.2. The molecule has 2 aromatic heterocycles. The third kappa shape index (κ3) is 6.41. The molecule has 35 heavy (non-hydrogen) atoms. The van der Waals surface area contributed by atoms with E-state index in [0.29, 0.717) is 29.6 Å². The summed E-state index contributed by atoms with van der Waals surface area (Å²) in [4.78, 5) is 8.47. The van der Waals surface area contributed by atoms with Gasteiger partial charge in [0, 0.05) is 11.4 Å². The molecule has 4 aromatic rings. The summed E-state index contributed by atoms with van der Waals surface area (Å²) in [6.07, 6.45) is -8.04. The van der Waals surface area contributed by atoms with Gasteiger partial charge < -0.3 is 10.1 Å². The predicted octanol–water partition coefficient (Wildman–Crippen LogP) is 7.63. The minimum Gasteiger partial charge on any atom is -0.406 e. The van der Waals surface area contributed by atoms with Gasteiger partial charge >= 0.3 is 12.5 Å². The lowest BCUT2D eigenvalue weighted by Gasteiger charge is -2.11. The molecule has 0 fully saturated rings. The Kier molecular flexibility index (Phi) is 6.88. The van der Waals surface area contributed by atoms with E-state index in [2.05, 4.69) is 20.0 Å². The van der Waals surface area contributed by atoms with Crippen molar-refractivity contribution in [1.29, 1.82) is 0 Å². The number of halogens is 6. The maximum Gasteiger partial charge on any atom is 0.573 e. The van der Waals surface area contributed by atoms with Crippen LogP contribution in [0.2, 0.25) is 0 Å². The highest BCUT2D eigenvalue weighted by Crippen LogP contribution is 2.34. The van der Waals surface area contributed by atoms with Gasteiger partial charge in [0.05, 0.1) is 5.39 Å². The average Bonchev–Trinajstić information content (AvgIpc) is 3.16. The molecule has 0 saturated heterocycles. The Hall–Kier alpha value is -3.34. The second-order valence-corrected chi connectivity index (χ2v) is 9.00. The molecule has 0 unspecified atom stereocenters. The molecule has 0 atom stereocenters. The van der Waals surface area contributed by atoms with Crippen molar-refractivity contribution in [2.24, 2.45) is 0 Å². The highest BCUT2D eigenvalue weighted by molar-refractivity contribution is 7.18. The largest absolute Gasteiger partial charge is 0.573 e. The van der Waals surface area contributed by atoms with Crippen LogP contribution in [0.4, 0.5) is 32.2 Å². The normalized spacial score (nSPS) is 12.2. The van der Waals surface area contributed by atoms with Crippen LogP contribution in [0, 0.1) is 6.92 Å². The monoisotopic (exact) mass is 511 g/mol. The number of nitrogens with zero attached hydrogens (tertiary/aromatic N) is 2. The third-order valence-corrected chi connectivity index (χ3v) is 6.02. The fourth-order valence-electron chi connectivity index (χ4n) is 3.52. The number of nitrogens with one attached hydrogen (secondary N) is 1. The number of aryl methyl sites for hydroxylation is 2. The van der Waals surface area contributed by atoms with Crippen LogP contribution in [0.1, 0.15) is 22.7 Å². The highest BCUT2D eigenvalue weighted by Gasteiger charge is 2.36. The summed E-state index contributed by atoms with van der Waals surface area (Å²) in [5, 5.41) is 3.57. The van der Waals surface area contributed by atoms with Gasteiger partial charge in [-0.2, -0.15) is 13.2 Å². The molecular weight excluding hydrogens is 492 g/mol. The fraction of sp³-hybridized carbons (Fsp3) is 0.250. The van der Waals surface area contributed by atoms with E-state index in [1.54, 1.807) is 25.1 Å². The van der Waals surface area contributed by atoms with Crippen LogP contribution in [-0.2, 0) is 12.6 Å². The van der Waals surface area contributed by atoms with Crippen molar-refractivity contribution in [2.75, 3.05) is 11.9 Å². The Morgan fingerprint density at radius 3 is 2.11 bits per heavy atom. The van der Waals surface area contributed by atoms with Gasteiger partial charge in [0.15, 0.2) is 0 Å². The van der Waals surface area contributed by atoms with Crippen molar-refractivity contribution < 1.29 is 31.1 Å². The maximum atomic E-state index is 13.2. The van der Waals surface area contributed by atoms with Gasteiger partial charge in [-0.05, 0) is 54.7 Å². The predicted molar refractivity (Wildman–Crippen MR) is 123 cm³/mol. The first-order valence-corrected chi connectivity index (χ1v) is 11.3. The summed E-state index contributed by atoms with van der Waals surface area (Å²) in [6.45, 7) is 2.22. The van der Waals surface area contributed by atoms with Crippen LogP contribution in [0.5, 0.6) is 5.75 Å². The van der Waals surface area contributed by atoms with Crippen LogP contribution >= 0.6 is 11.3 Å². The quantitative estimate of drug-likeness (QED) is 0.205. The number of benzene rings is 2. The second kappa shape index (κ2) is 9.73. The lowest BCUT2D eigenvalue weighted by molar-refractivity contribution is -0.274. The number of fused-ring (bicyclic) bond motifs is 1. The van der Waals surface area contributed by atoms with Crippen LogP contribution in [0.25, 0.3) is 21.3 Å². The van der Waals surface area contributed by atoms with E-state index < -0.39 is 18.4 Å². The molecule has 11 heteroatoms. The minimum atomic E-state index is -4.74. The molecule has 0 spiro atoms. The van der Waals surface area contributed by atoms with Crippen molar-refractivity contribution in [3.63, 3.8) is 0 Å². The molecule has 0 aliphatic rings. The summed E-state index contributed by atoms with van der Waals surface area (Å²) >= 11 is 1.19. The van der Waals surface area contributed by atoms with Gasteiger partial charge in [0.1, 0.15) is 16.4 Å². The molecule has 0 bridgehead atoms. The molecule has 0 amide bonds. The molecule has 2 heterocycles. The molecule has 1 N–H and O–H groups in total. The van der Waals surface area contributed by atoms with E-state index in [4.69, 9.17) is 0 Å².